The Balaban J connectivity index is 1.77. The zero-order chi connectivity index (χ0) is 28.1. The summed E-state index contributed by atoms with van der Waals surface area (Å²) in [5.74, 6) is -1.42. The molecule has 3 aromatic rings. The maximum Gasteiger partial charge on any atom is 0.338 e. The minimum atomic E-state index is -0.859. The summed E-state index contributed by atoms with van der Waals surface area (Å²) in [5, 5.41) is 3.09. The van der Waals surface area contributed by atoms with Crippen molar-refractivity contribution in [3.05, 3.63) is 92.5 Å². The van der Waals surface area contributed by atoms with Crippen LogP contribution in [0.1, 0.15) is 50.7 Å². The molecule has 7 nitrogen and oxygen atoms in total. The number of benzene rings is 2. The van der Waals surface area contributed by atoms with Gasteiger partial charge in [-0.2, -0.15) is 0 Å². The molecule has 2 aliphatic rings. The highest BCUT2D eigenvalue weighted by Crippen LogP contribution is 2.50. The number of hydrogen-bond acceptors (Lipinski definition) is 7. The van der Waals surface area contributed by atoms with Crippen molar-refractivity contribution in [2.75, 3.05) is 12.0 Å². The summed E-state index contributed by atoms with van der Waals surface area (Å²) in [5.41, 5.74) is 14.1. The number of anilines is 1. The van der Waals surface area contributed by atoms with Crippen LogP contribution in [0.3, 0.4) is 0 Å². The van der Waals surface area contributed by atoms with Gasteiger partial charge in [-0.15, -0.1) is 0 Å². The van der Waals surface area contributed by atoms with Gasteiger partial charge in [-0.25, -0.2) is 14.8 Å². The molecule has 9 heteroatoms. The molecular weight excluding hydrogens is 535 g/mol. The Morgan fingerprint density at radius 2 is 1.87 bits per heavy atom. The van der Waals surface area contributed by atoms with Gasteiger partial charge in [-0.05, 0) is 62.1 Å². The molecule has 3 N–H and O–H groups in total. The van der Waals surface area contributed by atoms with Crippen LogP contribution in [-0.2, 0) is 14.3 Å². The van der Waals surface area contributed by atoms with Crippen LogP contribution in [-0.4, -0.2) is 28.4 Å². The van der Waals surface area contributed by atoms with Crippen LogP contribution in [0.5, 0.6) is 0 Å². The molecule has 0 saturated heterocycles. The fraction of sp³-hybridized carbons (Fsp3) is 0.300. The first-order valence-electron chi connectivity index (χ1n) is 12.8. The number of halogens is 2. The van der Waals surface area contributed by atoms with Crippen molar-refractivity contribution >= 4 is 51.5 Å². The smallest absolute Gasteiger partial charge is 0.338 e. The zero-order valence-electron chi connectivity index (χ0n) is 22.3. The van der Waals surface area contributed by atoms with E-state index in [1.807, 2.05) is 51.1 Å². The van der Waals surface area contributed by atoms with E-state index in [4.69, 9.17) is 33.7 Å². The second kappa shape index (κ2) is 10.2. The molecule has 0 saturated carbocycles. The Morgan fingerprint density at radius 1 is 1.15 bits per heavy atom. The number of rotatable bonds is 5. The van der Waals surface area contributed by atoms with E-state index in [0.717, 1.165) is 16.6 Å². The molecule has 1 atom stereocenters. The van der Waals surface area contributed by atoms with Crippen molar-refractivity contribution in [2.24, 2.45) is 11.1 Å². The molecule has 202 valence electrons. The Labute approximate surface area is 237 Å². The van der Waals surface area contributed by atoms with E-state index in [0.29, 0.717) is 40.2 Å². The van der Waals surface area contributed by atoms with E-state index < -0.39 is 11.9 Å². The number of fused-ring (bicyclic) bond motifs is 1. The maximum absolute atomic E-state index is 13.9. The molecule has 0 amide bonds. The van der Waals surface area contributed by atoms with Crippen LogP contribution in [0.15, 0.2) is 71.2 Å². The lowest BCUT2D eigenvalue weighted by Gasteiger charge is -2.44. The lowest BCUT2D eigenvalue weighted by atomic mass is 9.69. The van der Waals surface area contributed by atoms with Crippen molar-refractivity contribution in [1.82, 2.24) is 9.99 Å². The fourth-order valence-corrected chi connectivity index (χ4v) is 5.79. The number of nitrogens with one attached hydrogen (secondary N) is 1. The molecular formula is C30H30Cl2N4O3. The number of ether oxygens (including phenoxy) is 1. The molecule has 0 spiro atoms. The predicted molar refractivity (Wildman–Crippen MR) is 154 cm³/mol. The number of hydrazine groups is 1. The van der Waals surface area contributed by atoms with E-state index in [-0.39, 0.29) is 34.4 Å². The van der Waals surface area contributed by atoms with Gasteiger partial charge in [0.1, 0.15) is 11.0 Å². The number of carbonyl (C=O) groups excluding carboxylic acids is 2. The monoisotopic (exact) mass is 564 g/mol. The van der Waals surface area contributed by atoms with Crippen LogP contribution in [0.25, 0.3) is 10.9 Å². The second-order valence-corrected chi connectivity index (χ2v) is 11.6. The molecule has 1 aromatic heterocycles. The van der Waals surface area contributed by atoms with Crippen molar-refractivity contribution in [1.29, 1.82) is 0 Å². The first-order chi connectivity index (χ1) is 18.5. The first kappa shape index (κ1) is 27.0. The Morgan fingerprint density at radius 3 is 2.56 bits per heavy atom. The van der Waals surface area contributed by atoms with Gasteiger partial charge in [0.25, 0.3) is 0 Å². The second-order valence-electron chi connectivity index (χ2n) is 10.8. The number of nitrogens with zero attached hydrogens (tertiary/aromatic N) is 2. The standard InChI is InChI=1S/C30H30Cl2N4O3/c1-5-39-29(38)26-24(20-13-17-12-18(31)8-11-21(17)34-27(20)32)25-22(14-30(3,4)15-23(25)37)36(28(26)33)35-19-9-6-16(2)7-10-19/h6-13,24,35H,5,14-15,33H2,1-4H3. The van der Waals surface area contributed by atoms with Crippen LogP contribution in [0, 0.1) is 12.3 Å². The van der Waals surface area contributed by atoms with E-state index in [2.05, 4.69) is 10.4 Å². The van der Waals surface area contributed by atoms with E-state index in [1.165, 1.54) is 0 Å². The quantitative estimate of drug-likeness (QED) is 0.264. The minimum absolute atomic E-state index is 0.0847. The highest BCUT2D eigenvalue weighted by molar-refractivity contribution is 6.32. The molecule has 1 aliphatic heterocycles. The van der Waals surface area contributed by atoms with Gasteiger partial charge in [-0.3, -0.25) is 10.2 Å². The molecule has 5 rings (SSSR count). The highest BCUT2D eigenvalue weighted by Gasteiger charge is 2.47. The summed E-state index contributed by atoms with van der Waals surface area (Å²) >= 11 is 13.0. The average Bonchev–Trinajstić information content (AvgIpc) is 2.86. The summed E-state index contributed by atoms with van der Waals surface area (Å²) in [6.07, 6.45) is 0.853. The third kappa shape index (κ3) is 5.09. The number of nitrogens with two attached hydrogens (primary N) is 1. The van der Waals surface area contributed by atoms with Crippen molar-refractivity contribution in [3.63, 3.8) is 0 Å². The molecule has 0 radical (unpaired) electrons. The third-order valence-electron chi connectivity index (χ3n) is 7.12. The number of aromatic nitrogens is 1. The summed E-state index contributed by atoms with van der Waals surface area (Å²) in [6, 6.07) is 14.9. The predicted octanol–water partition coefficient (Wildman–Crippen LogP) is 6.65. The van der Waals surface area contributed by atoms with E-state index in [1.54, 1.807) is 30.1 Å². The van der Waals surface area contributed by atoms with Crippen LogP contribution in [0.4, 0.5) is 5.69 Å². The van der Waals surface area contributed by atoms with Gasteiger partial charge in [0.2, 0.25) is 0 Å². The van der Waals surface area contributed by atoms with Crippen molar-refractivity contribution < 1.29 is 14.3 Å². The summed E-state index contributed by atoms with van der Waals surface area (Å²) in [4.78, 5) is 32.0. The summed E-state index contributed by atoms with van der Waals surface area (Å²) in [6.45, 7) is 7.95. The summed E-state index contributed by atoms with van der Waals surface area (Å²) < 4.78 is 5.47. The fourth-order valence-electron chi connectivity index (χ4n) is 5.36. The largest absolute Gasteiger partial charge is 0.463 e. The van der Waals surface area contributed by atoms with Gasteiger partial charge < -0.3 is 10.5 Å². The van der Waals surface area contributed by atoms with Gasteiger partial charge >= 0.3 is 5.97 Å². The number of esters is 1. The number of hydrogen-bond donors (Lipinski definition) is 2. The van der Waals surface area contributed by atoms with Crippen LogP contribution >= 0.6 is 23.2 Å². The molecule has 1 unspecified atom stereocenters. The molecule has 0 fully saturated rings. The van der Waals surface area contributed by atoms with Crippen molar-refractivity contribution in [3.8, 4) is 0 Å². The molecule has 0 bridgehead atoms. The number of ketones is 1. The average molecular weight is 566 g/mol. The molecule has 39 heavy (non-hydrogen) atoms. The normalized spacial score (nSPS) is 18.9. The molecule has 2 aromatic carbocycles. The minimum Gasteiger partial charge on any atom is -0.463 e. The zero-order valence-corrected chi connectivity index (χ0v) is 23.8. The topological polar surface area (TPSA) is 97.5 Å². The third-order valence-corrected chi connectivity index (χ3v) is 7.65. The van der Waals surface area contributed by atoms with Gasteiger partial charge in [0, 0.05) is 28.0 Å². The maximum atomic E-state index is 13.9. The Bertz CT molecular complexity index is 1560. The van der Waals surface area contributed by atoms with E-state index in [9.17, 15) is 9.59 Å². The van der Waals surface area contributed by atoms with Gasteiger partial charge in [0.15, 0.2) is 5.78 Å². The number of allylic oxidation sites excluding steroid dienone is 2. The Kier molecular flexibility index (Phi) is 7.08. The van der Waals surface area contributed by atoms with Crippen LogP contribution < -0.4 is 11.2 Å². The Hall–Kier alpha value is -3.55. The number of pyridine rings is 1. The van der Waals surface area contributed by atoms with Crippen LogP contribution in [0.2, 0.25) is 10.2 Å². The number of carbonyl (C=O) groups is 2. The summed E-state index contributed by atoms with van der Waals surface area (Å²) in [7, 11) is 0. The van der Waals surface area contributed by atoms with Crippen molar-refractivity contribution in [2.45, 2.75) is 46.5 Å². The number of aryl methyl sites for hydroxylation is 1. The molecule has 2 heterocycles. The highest BCUT2D eigenvalue weighted by atomic mass is 35.5. The van der Waals surface area contributed by atoms with Gasteiger partial charge in [0.05, 0.1) is 35.0 Å². The lowest BCUT2D eigenvalue weighted by Crippen LogP contribution is -2.45. The SMILES string of the molecule is CCOC(=O)C1=C(N)N(Nc2ccc(C)cc2)C2=C(C(=O)CC(C)(C)C2)C1c1cc2cc(Cl)ccc2nc1Cl. The van der Waals surface area contributed by atoms with Gasteiger partial charge in [-0.1, -0.05) is 54.7 Å². The first-order valence-corrected chi connectivity index (χ1v) is 13.6. The lowest BCUT2D eigenvalue weighted by molar-refractivity contribution is -0.139. The molecule has 1 aliphatic carbocycles. The number of Topliss-reactive ketones (excluding diaryl/α,β-unsaturated/α-hetero) is 1. The van der Waals surface area contributed by atoms with E-state index >= 15 is 0 Å².